The summed E-state index contributed by atoms with van der Waals surface area (Å²) in [5, 5.41) is 33.6. The van der Waals surface area contributed by atoms with E-state index in [2.05, 4.69) is 25.6 Å². The van der Waals surface area contributed by atoms with Crippen LogP contribution < -0.4 is 10.6 Å². The molecule has 0 bridgehead atoms. The van der Waals surface area contributed by atoms with Gasteiger partial charge in [0.2, 0.25) is 5.95 Å². The third kappa shape index (κ3) is 4.52. The van der Waals surface area contributed by atoms with Crippen molar-refractivity contribution in [3.63, 3.8) is 0 Å². The van der Waals surface area contributed by atoms with Crippen molar-refractivity contribution in [1.29, 1.82) is 5.41 Å². The van der Waals surface area contributed by atoms with Crippen LogP contribution in [0.4, 0.5) is 24.9 Å². The molecule has 5 N–H and O–H groups in total. The molecule has 2 heterocycles. The van der Waals surface area contributed by atoms with E-state index in [1.807, 2.05) is 24.3 Å². The van der Waals surface area contributed by atoms with Gasteiger partial charge in [-0.3, -0.25) is 0 Å². The van der Waals surface area contributed by atoms with Crippen LogP contribution in [0.25, 0.3) is 20.8 Å². The summed E-state index contributed by atoms with van der Waals surface area (Å²) in [6.07, 6.45) is -5.26. The van der Waals surface area contributed by atoms with Gasteiger partial charge in [0.15, 0.2) is 0 Å². The Balaban J connectivity index is 1.75. The van der Waals surface area contributed by atoms with Crippen molar-refractivity contribution < 1.29 is 23.4 Å². The van der Waals surface area contributed by atoms with Gasteiger partial charge in [0.05, 0.1) is 39.3 Å². The Morgan fingerprint density at radius 3 is 2.62 bits per heavy atom. The molecule has 1 saturated carbocycles. The van der Waals surface area contributed by atoms with E-state index in [1.165, 1.54) is 11.3 Å². The second-order valence-electron chi connectivity index (χ2n) is 7.59. The minimum Gasteiger partial charge on any atom is -0.396 e. The number of nitrogens with zero attached hydrogens (tertiary/aromatic N) is 3. The number of hydrogen-bond acceptors (Lipinski definition) is 9. The molecule has 1 aliphatic rings. The first-order chi connectivity index (χ1) is 15.2. The Labute approximate surface area is 185 Å². The number of aliphatic hydroxyl groups is 2. The molecule has 1 aromatic carbocycles. The van der Waals surface area contributed by atoms with Crippen molar-refractivity contribution in [2.24, 2.45) is 5.92 Å². The highest BCUT2D eigenvalue weighted by Gasteiger charge is 2.38. The van der Waals surface area contributed by atoms with E-state index in [4.69, 9.17) is 5.41 Å². The number of anilines is 2. The maximum absolute atomic E-state index is 12.7. The number of rotatable bonds is 6. The summed E-state index contributed by atoms with van der Waals surface area (Å²) in [5.41, 5.74) is 1.68. The number of aliphatic hydroxyl groups excluding tert-OH is 2. The fourth-order valence-electron chi connectivity index (χ4n) is 3.67. The molecule has 12 heteroatoms. The average Bonchev–Trinajstić information content (AvgIpc) is 3.27. The number of aryl methyl sites for hydroxylation is 1. The number of fused-ring (bicyclic) bond motifs is 1. The van der Waals surface area contributed by atoms with Crippen LogP contribution >= 0.6 is 11.3 Å². The monoisotopic (exact) mass is 466 g/mol. The van der Waals surface area contributed by atoms with Crippen molar-refractivity contribution >= 4 is 39.0 Å². The normalized spacial score (nSPS) is 21.3. The second kappa shape index (κ2) is 8.60. The SMILES string of the molecule is Cc1nc(NCC(F)(F)F)nc(N[C@@H]2C[C@H](CO)[C@@H](O)C2=N)c1-c1nc2ccccc2s1. The summed E-state index contributed by atoms with van der Waals surface area (Å²) in [7, 11) is 0. The van der Waals surface area contributed by atoms with Crippen LogP contribution in [-0.4, -0.2) is 62.4 Å². The number of halogens is 3. The first kappa shape index (κ1) is 22.4. The summed E-state index contributed by atoms with van der Waals surface area (Å²) in [6, 6.07) is 6.86. The zero-order valence-electron chi connectivity index (χ0n) is 16.9. The third-order valence-electron chi connectivity index (χ3n) is 5.27. The van der Waals surface area contributed by atoms with Gasteiger partial charge in [-0.05, 0) is 25.5 Å². The molecule has 1 fully saturated rings. The van der Waals surface area contributed by atoms with Crippen LogP contribution in [0.2, 0.25) is 0 Å². The third-order valence-corrected chi connectivity index (χ3v) is 6.32. The standard InChI is InChI=1S/C20H21F3N6O2S/c1-9-14(18-28-11-4-2-3-5-13(11)32-18)17(29-19(26-9)25-8-20(21,22)23)27-12-6-10(7-30)16(31)15(12)24/h2-5,10,12,16,24,30-31H,6-8H2,1H3,(H2,25,26,27,29)/t10-,12-,16-/m1/s1. The Morgan fingerprint density at radius 1 is 1.22 bits per heavy atom. The summed E-state index contributed by atoms with van der Waals surface area (Å²) >= 11 is 1.39. The average molecular weight is 466 g/mol. The Kier molecular flexibility index (Phi) is 6.01. The Morgan fingerprint density at radius 2 is 1.97 bits per heavy atom. The highest BCUT2D eigenvalue weighted by atomic mass is 32.1. The molecule has 0 unspecified atom stereocenters. The summed E-state index contributed by atoms with van der Waals surface area (Å²) < 4.78 is 39.0. The van der Waals surface area contributed by atoms with E-state index >= 15 is 0 Å². The summed E-state index contributed by atoms with van der Waals surface area (Å²) in [4.78, 5) is 13.0. The molecule has 0 amide bonds. The molecule has 170 valence electrons. The number of alkyl halides is 3. The number of nitrogens with one attached hydrogen (secondary N) is 3. The number of thiazole rings is 1. The van der Waals surface area contributed by atoms with Crippen molar-refractivity contribution in [2.45, 2.75) is 31.7 Å². The minimum atomic E-state index is -4.44. The van der Waals surface area contributed by atoms with Crippen LogP contribution in [0.15, 0.2) is 24.3 Å². The molecule has 8 nitrogen and oxygen atoms in total. The van der Waals surface area contributed by atoms with Crippen LogP contribution in [0.3, 0.4) is 0 Å². The smallest absolute Gasteiger partial charge is 0.396 e. The van der Waals surface area contributed by atoms with E-state index in [-0.39, 0.29) is 30.5 Å². The Hall–Kier alpha value is -2.83. The van der Waals surface area contributed by atoms with Gasteiger partial charge in [0.25, 0.3) is 0 Å². The Bertz CT molecular complexity index is 1120. The first-order valence-electron chi connectivity index (χ1n) is 9.85. The summed E-state index contributed by atoms with van der Waals surface area (Å²) in [5.74, 6) is -0.505. The zero-order chi connectivity index (χ0) is 23.0. The van der Waals surface area contributed by atoms with Gasteiger partial charge < -0.3 is 26.3 Å². The molecule has 0 aliphatic heterocycles. The molecule has 3 atom stereocenters. The lowest BCUT2D eigenvalue weighted by molar-refractivity contribution is -0.115. The molecule has 0 spiro atoms. The molecule has 0 saturated heterocycles. The van der Waals surface area contributed by atoms with Crippen molar-refractivity contribution in [2.75, 3.05) is 23.8 Å². The lowest BCUT2D eigenvalue weighted by Crippen LogP contribution is -2.30. The fraction of sp³-hybridized carbons (Fsp3) is 0.400. The molecule has 1 aliphatic carbocycles. The maximum atomic E-state index is 12.7. The molecular formula is C20H21F3N6O2S. The zero-order valence-corrected chi connectivity index (χ0v) is 17.8. The number of benzene rings is 1. The van der Waals surface area contributed by atoms with Crippen LogP contribution in [0, 0.1) is 18.3 Å². The van der Waals surface area contributed by atoms with Crippen LogP contribution in [-0.2, 0) is 0 Å². The molecule has 3 aromatic rings. The number of aromatic nitrogens is 3. The van der Waals surface area contributed by atoms with E-state index in [0.717, 1.165) is 10.2 Å². The van der Waals surface area contributed by atoms with Gasteiger partial charge in [-0.25, -0.2) is 9.97 Å². The lowest BCUT2D eigenvalue weighted by atomic mass is 10.1. The van der Waals surface area contributed by atoms with E-state index in [1.54, 1.807) is 6.92 Å². The van der Waals surface area contributed by atoms with Gasteiger partial charge in [0, 0.05) is 12.5 Å². The molecule has 2 aromatic heterocycles. The molecule has 4 rings (SSSR count). The predicted molar refractivity (Wildman–Crippen MR) is 116 cm³/mol. The maximum Gasteiger partial charge on any atom is 0.405 e. The van der Waals surface area contributed by atoms with Crippen molar-refractivity contribution in [3.8, 4) is 10.6 Å². The van der Waals surface area contributed by atoms with Crippen LogP contribution in [0.5, 0.6) is 0 Å². The first-order valence-corrected chi connectivity index (χ1v) is 10.7. The quantitative estimate of drug-likeness (QED) is 0.378. The van der Waals surface area contributed by atoms with Crippen molar-refractivity contribution in [1.82, 2.24) is 15.0 Å². The molecular weight excluding hydrogens is 445 g/mol. The lowest BCUT2D eigenvalue weighted by Gasteiger charge is -2.19. The summed E-state index contributed by atoms with van der Waals surface area (Å²) in [6.45, 7) is 0.0723. The largest absolute Gasteiger partial charge is 0.405 e. The number of para-hydroxylation sites is 1. The van der Waals surface area contributed by atoms with E-state index in [9.17, 15) is 23.4 Å². The van der Waals surface area contributed by atoms with E-state index in [0.29, 0.717) is 16.3 Å². The predicted octanol–water partition coefficient (Wildman–Crippen LogP) is 3.21. The number of hydrogen-bond donors (Lipinski definition) is 5. The van der Waals surface area contributed by atoms with Crippen molar-refractivity contribution in [3.05, 3.63) is 30.0 Å². The molecule has 0 radical (unpaired) electrons. The fourth-order valence-corrected chi connectivity index (χ4v) is 4.73. The van der Waals surface area contributed by atoms with Gasteiger partial charge in [-0.15, -0.1) is 11.3 Å². The van der Waals surface area contributed by atoms with Gasteiger partial charge >= 0.3 is 6.18 Å². The topological polar surface area (TPSA) is 127 Å². The highest BCUT2D eigenvalue weighted by Crippen LogP contribution is 2.37. The van der Waals surface area contributed by atoms with Gasteiger partial charge in [-0.2, -0.15) is 18.2 Å². The molecule has 32 heavy (non-hydrogen) atoms. The minimum absolute atomic E-state index is 0.0136. The second-order valence-corrected chi connectivity index (χ2v) is 8.62. The van der Waals surface area contributed by atoms with Crippen LogP contribution in [0.1, 0.15) is 12.1 Å². The highest BCUT2D eigenvalue weighted by molar-refractivity contribution is 7.21. The van der Waals surface area contributed by atoms with Gasteiger partial charge in [0.1, 0.15) is 17.4 Å². The van der Waals surface area contributed by atoms with Gasteiger partial charge in [-0.1, -0.05) is 12.1 Å². The van der Waals surface area contributed by atoms with E-state index < -0.39 is 30.8 Å².